The Morgan fingerprint density at radius 1 is 1.40 bits per heavy atom. The normalized spacial score (nSPS) is 10.8. The predicted octanol–water partition coefficient (Wildman–Crippen LogP) is 1.37. The van der Waals surface area contributed by atoms with Crippen LogP contribution < -0.4 is 4.74 Å². The molecule has 0 radical (unpaired) electrons. The van der Waals surface area contributed by atoms with Crippen LogP contribution in [0.3, 0.4) is 0 Å². The number of sulfone groups is 1. The van der Waals surface area contributed by atoms with Gasteiger partial charge in [-0.25, -0.2) is 12.8 Å². The van der Waals surface area contributed by atoms with Crippen molar-refractivity contribution in [3.63, 3.8) is 0 Å². The zero-order chi connectivity index (χ0) is 15.0. The van der Waals surface area contributed by atoms with Gasteiger partial charge in [0.05, 0.1) is 17.9 Å². The Hall–Kier alpha value is -1.58. The molecular formula is C14H17FO4S. The number of ether oxygens (including phenoxy) is 1. The van der Waals surface area contributed by atoms with Crippen LogP contribution in [0, 0.1) is 17.7 Å². The zero-order valence-electron chi connectivity index (χ0n) is 11.2. The highest BCUT2D eigenvalue weighted by atomic mass is 32.2. The second-order valence-electron chi connectivity index (χ2n) is 4.04. The van der Waals surface area contributed by atoms with E-state index in [-0.39, 0.29) is 30.3 Å². The van der Waals surface area contributed by atoms with Gasteiger partial charge in [-0.1, -0.05) is 18.8 Å². The van der Waals surface area contributed by atoms with E-state index in [2.05, 4.69) is 11.8 Å². The molecule has 20 heavy (non-hydrogen) atoms. The predicted molar refractivity (Wildman–Crippen MR) is 74.8 cm³/mol. The molecular weight excluding hydrogens is 283 g/mol. The second kappa shape index (κ2) is 7.88. The van der Waals surface area contributed by atoms with Crippen molar-refractivity contribution < 1.29 is 22.7 Å². The van der Waals surface area contributed by atoms with Crippen molar-refractivity contribution in [3.8, 4) is 17.6 Å². The van der Waals surface area contributed by atoms with Crippen molar-refractivity contribution in [1.29, 1.82) is 0 Å². The van der Waals surface area contributed by atoms with E-state index in [1.165, 1.54) is 12.1 Å². The molecule has 1 N–H and O–H groups in total. The summed E-state index contributed by atoms with van der Waals surface area (Å²) in [4.78, 5) is 0. The molecule has 0 spiro atoms. The molecule has 0 heterocycles. The molecule has 110 valence electrons. The van der Waals surface area contributed by atoms with Crippen molar-refractivity contribution >= 4 is 9.84 Å². The van der Waals surface area contributed by atoms with Crippen LogP contribution in [0.15, 0.2) is 18.2 Å². The molecule has 0 aliphatic rings. The van der Waals surface area contributed by atoms with Gasteiger partial charge in [0.15, 0.2) is 0 Å². The maximum atomic E-state index is 13.6. The van der Waals surface area contributed by atoms with Gasteiger partial charge in [-0.2, -0.15) is 0 Å². The lowest BCUT2D eigenvalue weighted by Gasteiger charge is -2.06. The molecule has 0 saturated heterocycles. The van der Waals surface area contributed by atoms with Crippen LogP contribution in [0.5, 0.6) is 5.75 Å². The zero-order valence-corrected chi connectivity index (χ0v) is 12.0. The first-order valence-corrected chi connectivity index (χ1v) is 8.03. The Labute approximate surface area is 118 Å². The topological polar surface area (TPSA) is 63.6 Å². The van der Waals surface area contributed by atoms with Gasteiger partial charge in [0, 0.05) is 11.8 Å². The van der Waals surface area contributed by atoms with Crippen LogP contribution in [-0.2, 0) is 9.84 Å². The Morgan fingerprint density at radius 2 is 2.15 bits per heavy atom. The van der Waals surface area contributed by atoms with Gasteiger partial charge in [0.1, 0.15) is 28.0 Å². The van der Waals surface area contributed by atoms with E-state index < -0.39 is 15.7 Å². The van der Waals surface area contributed by atoms with Gasteiger partial charge in [0.2, 0.25) is 0 Å². The lowest BCUT2D eigenvalue weighted by atomic mass is 10.2. The standard InChI is InChI=1S/C14H17FO4S/c1-2-20(17,18)10-4-9-19-13-7-6-12(5-3-8-16)14(15)11-13/h6-7,11,16H,2,4,8-10H2,1H3. The fraction of sp³-hybridized carbons (Fsp3) is 0.429. The first-order valence-electron chi connectivity index (χ1n) is 6.21. The highest BCUT2D eigenvalue weighted by Crippen LogP contribution is 2.16. The molecule has 1 rings (SSSR count). The van der Waals surface area contributed by atoms with E-state index in [9.17, 15) is 12.8 Å². The molecule has 4 nitrogen and oxygen atoms in total. The highest BCUT2D eigenvalue weighted by molar-refractivity contribution is 7.91. The van der Waals surface area contributed by atoms with E-state index in [0.29, 0.717) is 12.2 Å². The number of aliphatic hydroxyl groups excluding tert-OH is 1. The Balaban J connectivity index is 2.52. The van der Waals surface area contributed by atoms with Gasteiger partial charge >= 0.3 is 0 Å². The minimum Gasteiger partial charge on any atom is -0.493 e. The molecule has 0 saturated carbocycles. The molecule has 0 aliphatic carbocycles. The molecule has 0 unspecified atom stereocenters. The number of rotatable bonds is 6. The van der Waals surface area contributed by atoms with E-state index in [4.69, 9.17) is 9.84 Å². The third-order valence-corrected chi connectivity index (χ3v) is 4.34. The van der Waals surface area contributed by atoms with Crippen LogP contribution in [0.2, 0.25) is 0 Å². The summed E-state index contributed by atoms with van der Waals surface area (Å²) in [7, 11) is -3.00. The van der Waals surface area contributed by atoms with Gasteiger partial charge in [-0.15, -0.1) is 0 Å². The number of hydrogen-bond donors (Lipinski definition) is 1. The fourth-order valence-corrected chi connectivity index (χ4v) is 2.28. The first kappa shape index (κ1) is 16.5. The maximum absolute atomic E-state index is 13.6. The van der Waals surface area contributed by atoms with Crippen LogP contribution in [-0.4, -0.2) is 38.2 Å². The molecule has 0 aliphatic heterocycles. The van der Waals surface area contributed by atoms with Crippen molar-refractivity contribution in [2.75, 3.05) is 24.7 Å². The minimum absolute atomic E-state index is 0.0615. The minimum atomic E-state index is -3.00. The summed E-state index contributed by atoms with van der Waals surface area (Å²) in [5, 5.41) is 8.53. The van der Waals surface area contributed by atoms with Crippen molar-refractivity contribution in [1.82, 2.24) is 0 Å². The number of hydrogen-bond acceptors (Lipinski definition) is 4. The molecule has 1 aromatic rings. The maximum Gasteiger partial charge on any atom is 0.150 e. The molecule has 0 bridgehead atoms. The summed E-state index contributed by atoms with van der Waals surface area (Å²) in [6, 6.07) is 4.20. The largest absolute Gasteiger partial charge is 0.493 e. The molecule has 6 heteroatoms. The van der Waals surface area contributed by atoms with Crippen molar-refractivity contribution in [2.24, 2.45) is 0 Å². The summed E-state index contributed by atoms with van der Waals surface area (Å²) in [5.74, 6) is 4.79. The number of aliphatic hydroxyl groups is 1. The van der Waals surface area contributed by atoms with E-state index in [0.717, 1.165) is 0 Å². The van der Waals surface area contributed by atoms with Crippen LogP contribution in [0.1, 0.15) is 18.9 Å². The summed E-state index contributed by atoms with van der Waals surface area (Å²) in [5.41, 5.74) is 0.181. The monoisotopic (exact) mass is 300 g/mol. The summed E-state index contributed by atoms with van der Waals surface area (Å²) in [6.07, 6.45) is 0.365. The van der Waals surface area contributed by atoms with Crippen molar-refractivity contribution in [2.45, 2.75) is 13.3 Å². The molecule has 0 amide bonds. The van der Waals surface area contributed by atoms with E-state index in [1.807, 2.05) is 0 Å². The lowest BCUT2D eigenvalue weighted by molar-refractivity contribution is 0.316. The average molecular weight is 300 g/mol. The Bertz CT molecular complexity index is 599. The van der Waals surface area contributed by atoms with E-state index >= 15 is 0 Å². The highest BCUT2D eigenvalue weighted by Gasteiger charge is 2.07. The van der Waals surface area contributed by atoms with Crippen LogP contribution in [0.25, 0.3) is 0 Å². The summed E-state index contributed by atoms with van der Waals surface area (Å²) in [6.45, 7) is 1.47. The van der Waals surface area contributed by atoms with Gasteiger partial charge < -0.3 is 9.84 Å². The smallest absolute Gasteiger partial charge is 0.150 e. The summed E-state index contributed by atoms with van der Waals surface area (Å²) >= 11 is 0. The fourth-order valence-electron chi connectivity index (χ4n) is 1.43. The molecule has 0 fully saturated rings. The van der Waals surface area contributed by atoms with E-state index in [1.54, 1.807) is 13.0 Å². The van der Waals surface area contributed by atoms with Crippen LogP contribution >= 0.6 is 0 Å². The average Bonchev–Trinajstić information content (AvgIpc) is 2.43. The number of benzene rings is 1. The molecule has 1 aromatic carbocycles. The van der Waals surface area contributed by atoms with Gasteiger partial charge in [0.25, 0.3) is 0 Å². The third kappa shape index (κ3) is 5.59. The first-order chi connectivity index (χ1) is 9.48. The SMILES string of the molecule is CCS(=O)(=O)CCCOc1ccc(C#CCO)c(F)c1. The second-order valence-corrected chi connectivity index (χ2v) is 6.51. The summed E-state index contributed by atoms with van der Waals surface area (Å²) < 4.78 is 41.4. The Kier molecular flexibility index (Phi) is 6.49. The van der Waals surface area contributed by atoms with Gasteiger partial charge in [-0.3, -0.25) is 0 Å². The third-order valence-electron chi connectivity index (χ3n) is 2.55. The van der Waals surface area contributed by atoms with Crippen LogP contribution in [0.4, 0.5) is 4.39 Å². The molecule has 0 aromatic heterocycles. The Morgan fingerprint density at radius 3 is 2.75 bits per heavy atom. The lowest BCUT2D eigenvalue weighted by Crippen LogP contribution is -2.11. The quantitative estimate of drug-likeness (QED) is 0.637. The molecule has 0 atom stereocenters. The van der Waals surface area contributed by atoms with Gasteiger partial charge in [-0.05, 0) is 18.6 Å². The number of halogens is 1. The van der Waals surface area contributed by atoms with Crippen molar-refractivity contribution in [3.05, 3.63) is 29.6 Å².